The Bertz CT molecular complexity index is 501. The Hall–Kier alpha value is -1.96. The fourth-order valence-corrected chi connectivity index (χ4v) is 1.18. The summed E-state index contributed by atoms with van der Waals surface area (Å²) in [6.07, 6.45) is 1.15. The zero-order chi connectivity index (χ0) is 14.6. The summed E-state index contributed by atoms with van der Waals surface area (Å²) >= 11 is 0. The lowest BCUT2D eigenvalue weighted by Crippen LogP contribution is -2.27. The second kappa shape index (κ2) is 6.28. The van der Waals surface area contributed by atoms with Gasteiger partial charge in [0.05, 0.1) is 5.56 Å². The number of carbonyl (C=O) groups excluding carboxylic acids is 1. The molecule has 0 aliphatic heterocycles. The Balaban J connectivity index is 3.08. The lowest BCUT2D eigenvalue weighted by atomic mass is 10.1. The van der Waals surface area contributed by atoms with Crippen LogP contribution >= 0.6 is 0 Å². The Kier molecular flexibility index (Phi) is 4.99. The predicted octanol–water partition coefficient (Wildman–Crippen LogP) is 1.47. The van der Waals surface area contributed by atoms with E-state index >= 15 is 0 Å². The van der Waals surface area contributed by atoms with Crippen molar-refractivity contribution < 1.29 is 26.7 Å². The average Bonchev–Trinajstić information content (AvgIpc) is 2.40. The number of hydrogen-bond acceptors (Lipinski definition) is 2. The van der Waals surface area contributed by atoms with Crippen LogP contribution in [-0.2, 0) is 4.79 Å². The summed E-state index contributed by atoms with van der Waals surface area (Å²) in [6, 6.07) is 0. The van der Waals surface area contributed by atoms with Crippen molar-refractivity contribution in [1.29, 1.82) is 0 Å². The highest BCUT2D eigenvalue weighted by molar-refractivity contribution is 5.91. The molecule has 0 fully saturated rings. The van der Waals surface area contributed by atoms with E-state index in [1.165, 1.54) is 0 Å². The molecule has 0 spiro atoms. The van der Waals surface area contributed by atoms with E-state index in [0.717, 1.165) is 0 Å². The molecule has 1 rings (SSSR count). The van der Waals surface area contributed by atoms with Gasteiger partial charge in [-0.15, -0.1) is 0 Å². The van der Waals surface area contributed by atoms with Crippen molar-refractivity contribution in [2.24, 2.45) is 5.73 Å². The van der Waals surface area contributed by atoms with Gasteiger partial charge < -0.3 is 11.1 Å². The predicted molar refractivity (Wildman–Crippen MR) is 57.3 cm³/mol. The molecule has 0 aliphatic carbocycles. The zero-order valence-electron chi connectivity index (χ0n) is 9.44. The largest absolute Gasteiger partial charge is 0.351 e. The first-order valence-corrected chi connectivity index (χ1v) is 5.07. The van der Waals surface area contributed by atoms with Gasteiger partial charge in [-0.3, -0.25) is 4.79 Å². The monoisotopic (exact) mass is 280 g/mol. The summed E-state index contributed by atoms with van der Waals surface area (Å²) < 4.78 is 64.7. The Morgan fingerprint density at radius 3 is 1.95 bits per heavy atom. The minimum Gasteiger partial charge on any atom is -0.351 e. The van der Waals surface area contributed by atoms with Crippen LogP contribution in [0, 0.1) is 29.1 Å². The van der Waals surface area contributed by atoms with Crippen molar-refractivity contribution >= 4 is 12.0 Å². The van der Waals surface area contributed by atoms with E-state index in [1.807, 2.05) is 0 Å². The molecule has 104 valence electrons. The highest BCUT2D eigenvalue weighted by Crippen LogP contribution is 2.23. The molecule has 1 amide bonds. The maximum absolute atomic E-state index is 13.2. The molecule has 0 radical (unpaired) electrons. The van der Waals surface area contributed by atoms with Crippen LogP contribution in [0.2, 0.25) is 0 Å². The van der Waals surface area contributed by atoms with Gasteiger partial charge in [-0.2, -0.15) is 0 Å². The Morgan fingerprint density at radius 1 is 1.00 bits per heavy atom. The van der Waals surface area contributed by atoms with Crippen LogP contribution < -0.4 is 11.1 Å². The third kappa shape index (κ3) is 3.28. The van der Waals surface area contributed by atoms with Crippen LogP contribution in [0.4, 0.5) is 22.0 Å². The van der Waals surface area contributed by atoms with Crippen molar-refractivity contribution in [3.05, 3.63) is 40.7 Å². The van der Waals surface area contributed by atoms with Crippen molar-refractivity contribution in [3.63, 3.8) is 0 Å². The number of benzene rings is 1. The van der Waals surface area contributed by atoms with Gasteiger partial charge in [0.1, 0.15) is 0 Å². The second-order valence-corrected chi connectivity index (χ2v) is 3.40. The van der Waals surface area contributed by atoms with Gasteiger partial charge in [0.15, 0.2) is 23.3 Å². The highest BCUT2D eigenvalue weighted by atomic mass is 19.2. The molecular formula is C11H9F5N2O. The third-order valence-corrected chi connectivity index (χ3v) is 2.09. The molecule has 3 nitrogen and oxygen atoms in total. The van der Waals surface area contributed by atoms with Crippen LogP contribution in [0.5, 0.6) is 0 Å². The lowest BCUT2D eigenvalue weighted by Gasteiger charge is -2.04. The molecule has 0 heterocycles. The van der Waals surface area contributed by atoms with Gasteiger partial charge in [-0.25, -0.2) is 22.0 Å². The summed E-state index contributed by atoms with van der Waals surface area (Å²) in [7, 11) is 0. The smallest absolute Gasteiger partial charge is 0.244 e. The first-order valence-electron chi connectivity index (χ1n) is 5.07. The zero-order valence-corrected chi connectivity index (χ0v) is 9.44. The molecule has 0 atom stereocenters. The summed E-state index contributed by atoms with van der Waals surface area (Å²) in [6.45, 7) is 0.252. The molecular weight excluding hydrogens is 271 g/mol. The molecule has 0 bridgehead atoms. The van der Waals surface area contributed by atoms with E-state index in [-0.39, 0.29) is 13.1 Å². The first-order chi connectivity index (χ1) is 8.90. The summed E-state index contributed by atoms with van der Waals surface area (Å²) in [4.78, 5) is 11.1. The maximum atomic E-state index is 13.2. The van der Waals surface area contributed by atoms with E-state index < -0.39 is 40.6 Å². The number of rotatable bonds is 4. The van der Waals surface area contributed by atoms with Gasteiger partial charge in [0.2, 0.25) is 11.7 Å². The van der Waals surface area contributed by atoms with Crippen LogP contribution in [0.1, 0.15) is 5.56 Å². The average molecular weight is 280 g/mol. The van der Waals surface area contributed by atoms with E-state index in [2.05, 4.69) is 5.32 Å². The molecule has 19 heavy (non-hydrogen) atoms. The van der Waals surface area contributed by atoms with Crippen molar-refractivity contribution in [3.8, 4) is 0 Å². The van der Waals surface area contributed by atoms with Crippen LogP contribution in [0.15, 0.2) is 6.08 Å². The summed E-state index contributed by atoms with van der Waals surface area (Å²) in [5, 5.41) is 2.22. The standard InChI is InChI=1S/C11H9F5N2O/c12-7-5(1-2-6(19)18-4-3-17)8(13)10(15)11(16)9(7)14/h1-2H,3-4,17H2,(H,18,19)/b2-1+. The van der Waals surface area contributed by atoms with E-state index in [9.17, 15) is 26.7 Å². The molecule has 0 aromatic heterocycles. The number of halogens is 5. The number of amides is 1. The van der Waals surface area contributed by atoms with Gasteiger partial charge in [-0.05, 0) is 6.08 Å². The van der Waals surface area contributed by atoms with Crippen molar-refractivity contribution in [2.45, 2.75) is 0 Å². The quantitative estimate of drug-likeness (QED) is 0.380. The van der Waals surface area contributed by atoms with E-state index in [4.69, 9.17) is 5.73 Å². The molecule has 3 N–H and O–H groups in total. The normalized spacial score (nSPS) is 11.1. The van der Waals surface area contributed by atoms with Gasteiger partial charge in [0.25, 0.3) is 0 Å². The topological polar surface area (TPSA) is 55.1 Å². The van der Waals surface area contributed by atoms with E-state index in [1.54, 1.807) is 0 Å². The SMILES string of the molecule is NCCNC(=O)/C=C/c1c(F)c(F)c(F)c(F)c1F. The molecule has 8 heteroatoms. The molecule has 0 aliphatic rings. The van der Waals surface area contributed by atoms with E-state index in [0.29, 0.717) is 12.2 Å². The number of nitrogens with one attached hydrogen (secondary N) is 1. The minimum atomic E-state index is -2.25. The second-order valence-electron chi connectivity index (χ2n) is 3.40. The van der Waals surface area contributed by atoms with Gasteiger partial charge in [0, 0.05) is 19.2 Å². The summed E-state index contributed by atoms with van der Waals surface area (Å²) in [5.41, 5.74) is 3.91. The van der Waals surface area contributed by atoms with Gasteiger partial charge >= 0.3 is 0 Å². The molecule has 1 aromatic rings. The van der Waals surface area contributed by atoms with Crippen LogP contribution in [0.3, 0.4) is 0 Å². The number of hydrogen-bond donors (Lipinski definition) is 2. The highest BCUT2D eigenvalue weighted by Gasteiger charge is 2.24. The van der Waals surface area contributed by atoms with Crippen molar-refractivity contribution in [1.82, 2.24) is 5.32 Å². The first kappa shape index (κ1) is 15.1. The van der Waals surface area contributed by atoms with Crippen LogP contribution in [-0.4, -0.2) is 19.0 Å². The molecule has 0 unspecified atom stereocenters. The maximum Gasteiger partial charge on any atom is 0.244 e. The lowest BCUT2D eigenvalue weighted by molar-refractivity contribution is -0.116. The van der Waals surface area contributed by atoms with Gasteiger partial charge in [-0.1, -0.05) is 0 Å². The Labute approximate surface area is 104 Å². The molecule has 0 saturated carbocycles. The van der Waals surface area contributed by atoms with Crippen molar-refractivity contribution in [2.75, 3.05) is 13.1 Å². The minimum absolute atomic E-state index is 0.111. The fraction of sp³-hybridized carbons (Fsp3) is 0.182. The molecule has 1 aromatic carbocycles. The van der Waals surface area contributed by atoms with Crippen LogP contribution in [0.25, 0.3) is 6.08 Å². The Morgan fingerprint density at radius 2 is 1.47 bits per heavy atom. The third-order valence-electron chi connectivity index (χ3n) is 2.09. The number of carbonyl (C=O) groups is 1. The fourth-order valence-electron chi connectivity index (χ4n) is 1.18. The molecule has 0 saturated heterocycles. The number of nitrogens with two attached hydrogens (primary N) is 1. The summed E-state index contributed by atoms with van der Waals surface area (Å²) in [5.74, 6) is -11.2.